The van der Waals surface area contributed by atoms with Crippen molar-refractivity contribution in [3.05, 3.63) is 29.3 Å². The monoisotopic (exact) mass is 309 g/mol. The largest absolute Gasteiger partial charge is 0.384 e. The molecule has 0 aliphatic heterocycles. The first-order valence-electron chi connectivity index (χ1n) is 7.04. The Hall–Kier alpha value is -1.35. The van der Waals surface area contributed by atoms with E-state index in [9.17, 15) is 8.42 Å². The number of aliphatic hydroxyl groups excluding tert-OH is 1. The number of rotatable bonds is 5. The van der Waals surface area contributed by atoms with Crippen LogP contribution in [0.4, 0.5) is 0 Å². The van der Waals surface area contributed by atoms with E-state index in [4.69, 9.17) is 5.11 Å². The molecular weight excluding hydrogens is 286 g/mol. The number of nitrogens with one attached hydrogen (secondary N) is 1. The molecule has 0 radical (unpaired) electrons. The Labute approximate surface area is 127 Å². The maximum Gasteiger partial charge on any atom is 0.241 e. The number of sulfonamides is 1. The third-order valence-electron chi connectivity index (χ3n) is 3.34. The van der Waals surface area contributed by atoms with Crippen LogP contribution in [0, 0.1) is 24.7 Å². The quantitative estimate of drug-likeness (QED) is 0.818. The first-order chi connectivity index (χ1) is 9.81. The minimum Gasteiger partial charge on any atom is -0.384 e. The normalized spacial score (nSPS) is 12.9. The molecule has 116 valence electrons. The van der Waals surface area contributed by atoms with E-state index >= 15 is 0 Å². The maximum absolute atomic E-state index is 12.5. The van der Waals surface area contributed by atoms with E-state index in [1.165, 1.54) is 0 Å². The molecule has 0 saturated heterocycles. The molecule has 0 spiro atoms. The topological polar surface area (TPSA) is 66.4 Å². The van der Waals surface area contributed by atoms with Crippen LogP contribution in [0.1, 0.15) is 38.3 Å². The lowest BCUT2D eigenvalue weighted by Crippen LogP contribution is -2.38. The van der Waals surface area contributed by atoms with Crippen molar-refractivity contribution < 1.29 is 13.5 Å². The molecule has 1 unspecified atom stereocenters. The Morgan fingerprint density at radius 1 is 1.33 bits per heavy atom. The predicted molar refractivity (Wildman–Crippen MR) is 84.4 cm³/mol. The van der Waals surface area contributed by atoms with E-state index in [1.807, 2.05) is 20.8 Å². The van der Waals surface area contributed by atoms with Crippen molar-refractivity contribution >= 4 is 10.0 Å². The smallest absolute Gasteiger partial charge is 0.241 e. The van der Waals surface area contributed by atoms with Gasteiger partial charge in [0.15, 0.2) is 0 Å². The van der Waals surface area contributed by atoms with E-state index in [0.29, 0.717) is 11.1 Å². The molecule has 1 atom stereocenters. The van der Waals surface area contributed by atoms with E-state index in [-0.39, 0.29) is 23.5 Å². The van der Waals surface area contributed by atoms with E-state index in [2.05, 4.69) is 16.6 Å². The molecule has 0 bridgehead atoms. The second-order valence-corrected chi connectivity index (χ2v) is 7.00. The van der Waals surface area contributed by atoms with Crippen LogP contribution in [0.2, 0.25) is 0 Å². The van der Waals surface area contributed by atoms with Gasteiger partial charge in [-0.25, -0.2) is 13.1 Å². The van der Waals surface area contributed by atoms with E-state index < -0.39 is 10.0 Å². The molecule has 0 amide bonds. The van der Waals surface area contributed by atoms with Crippen LogP contribution >= 0.6 is 0 Å². The molecule has 4 nitrogen and oxygen atoms in total. The van der Waals surface area contributed by atoms with Crippen molar-refractivity contribution in [3.63, 3.8) is 0 Å². The molecule has 0 aliphatic carbocycles. The molecule has 0 saturated carbocycles. The van der Waals surface area contributed by atoms with Gasteiger partial charge in [0, 0.05) is 11.6 Å². The molecule has 1 rings (SSSR count). The zero-order valence-electron chi connectivity index (χ0n) is 13.0. The highest BCUT2D eigenvalue weighted by atomic mass is 32.2. The molecular formula is C16H23NO3S. The van der Waals surface area contributed by atoms with Gasteiger partial charge in [-0.2, -0.15) is 0 Å². The van der Waals surface area contributed by atoms with Crippen molar-refractivity contribution in [1.82, 2.24) is 4.72 Å². The summed E-state index contributed by atoms with van der Waals surface area (Å²) in [6, 6.07) is 4.93. The summed E-state index contributed by atoms with van der Waals surface area (Å²) >= 11 is 0. The van der Waals surface area contributed by atoms with E-state index in [0.717, 1.165) is 6.42 Å². The third kappa shape index (κ3) is 4.85. The number of aliphatic hydroxyl groups is 1. The molecule has 0 aromatic heterocycles. The van der Waals surface area contributed by atoms with Gasteiger partial charge in [-0.3, -0.25) is 0 Å². The summed E-state index contributed by atoms with van der Waals surface area (Å²) in [6.45, 7) is 7.45. The predicted octanol–water partition coefficient (Wildman–Crippen LogP) is 2.05. The zero-order chi connectivity index (χ0) is 16.0. The fourth-order valence-corrected chi connectivity index (χ4v) is 3.80. The minimum atomic E-state index is -3.58. The highest BCUT2D eigenvalue weighted by molar-refractivity contribution is 7.89. The summed E-state index contributed by atoms with van der Waals surface area (Å²) in [7, 11) is -3.58. The number of benzene rings is 1. The second-order valence-electron chi connectivity index (χ2n) is 5.32. The van der Waals surface area contributed by atoms with Gasteiger partial charge in [0.25, 0.3) is 0 Å². The molecule has 0 heterocycles. The van der Waals surface area contributed by atoms with Gasteiger partial charge in [0.2, 0.25) is 10.0 Å². The van der Waals surface area contributed by atoms with Gasteiger partial charge in [-0.15, -0.1) is 0 Å². The van der Waals surface area contributed by atoms with Crippen molar-refractivity contribution in [3.8, 4) is 11.8 Å². The Morgan fingerprint density at radius 2 is 2.00 bits per heavy atom. The second kappa shape index (κ2) is 7.60. The van der Waals surface area contributed by atoms with Gasteiger partial charge in [0.1, 0.15) is 6.61 Å². The lowest BCUT2D eigenvalue weighted by atomic mass is 10.0. The number of aryl methyl sites for hydroxylation is 1. The Balaban J connectivity index is 3.18. The summed E-state index contributed by atoms with van der Waals surface area (Å²) in [6.07, 6.45) is 0.736. The summed E-state index contributed by atoms with van der Waals surface area (Å²) in [5.74, 6) is 5.48. The zero-order valence-corrected chi connectivity index (χ0v) is 13.8. The van der Waals surface area contributed by atoms with Gasteiger partial charge in [-0.1, -0.05) is 38.7 Å². The fraction of sp³-hybridized carbons (Fsp3) is 0.500. The van der Waals surface area contributed by atoms with Crippen molar-refractivity contribution in [1.29, 1.82) is 0 Å². The van der Waals surface area contributed by atoms with Crippen LogP contribution < -0.4 is 4.72 Å². The first-order valence-corrected chi connectivity index (χ1v) is 8.52. The Morgan fingerprint density at radius 3 is 2.52 bits per heavy atom. The molecule has 0 fully saturated rings. The summed E-state index contributed by atoms with van der Waals surface area (Å²) < 4.78 is 27.8. The minimum absolute atomic E-state index is 0.0958. The molecule has 5 heteroatoms. The van der Waals surface area contributed by atoms with Crippen molar-refractivity contribution in [2.75, 3.05) is 6.61 Å². The SMILES string of the molecule is CCC(NS(=O)(=O)c1cc(C#CCO)ccc1C)C(C)C. The van der Waals surface area contributed by atoms with E-state index in [1.54, 1.807) is 25.1 Å². The van der Waals surface area contributed by atoms with Crippen LogP contribution in [0.5, 0.6) is 0 Å². The molecule has 21 heavy (non-hydrogen) atoms. The average molecular weight is 309 g/mol. The fourth-order valence-electron chi connectivity index (χ4n) is 2.06. The average Bonchev–Trinajstić information content (AvgIpc) is 2.43. The molecule has 1 aromatic rings. The highest BCUT2D eigenvalue weighted by Gasteiger charge is 2.22. The number of hydrogen-bond acceptors (Lipinski definition) is 3. The summed E-state index contributed by atoms with van der Waals surface area (Å²) in [5, 5.41) is 8.72. The van der Waals surface area contributed by atoms with Crippen LogP contribution in [0.3, 0.4) is 0 Å². The lowest BCUT2D eigenvalue weighted by Gasteiger charge is -2.21. The highest BCUT2D eigenvalue weighted by Crippen LogP contribution is 2.19. The maximum atomic E-state index is 12.5. The van der Waals surface area contributed by atoms with Crippen LogP contribution in [-0.4, -0.2) is 26.2 Å². The molecule has 2 N–H and O–H groups in total. The van der Waals surface area contributed by atoms with Crippen LogP contribution in [-0.2, 0) is 10.0 Å². The number of hydrogen-bond donors (Lipinski definition) is 2. The van der Waals surface area contributed by atoms with Crippen LogP contribution in [0.15, 0.2) is 23.1 Å². The van der Waals surface area contributed by atoms with Gasteiger partial charge < -0.3 is 5.11 Å². The Bertz CT molecular complexity index is 639. The summed E-state index contributed by atoms with van der Waals surface area (Å²) in [5.41, 5.74) is 1.25. The standard InChI is InChI=1S/C16H23NO3S/c1-5-15(12(2)3)17-21(19,20)16-11-14(7-6-10-18)9-8-13(16)4/h8-9,11-12,15,17-18H,5,10H2,1-4H3. The Kier molecular flexibility index (Phi) is 6.41. The van der Waals surface area contributed by atoms with Crippen LogP contribution in [0.25, 0.3) is 0 Å². The summed E-state index contributed by atoms with van der Waals surface area (Å²) in [4.78, 5) is 0.242. The molecule has 1 aromatic carbocycles. The van der Waals surface area contributed by atoms with Gasteiger partial charge in [-0.05, 0) is 37.0 Å². The van der Waals surface area contributed by atoms with Crippen molar-refractivity contribution in [2.45, 2.75) is 45.1 Å². The third-order valence-corrected chi connectivity index (χ3v) is 4.97. The lowest BCUT2D eigenvalue weighted by molar-refractivity contribution is 0.350. The van der Waals surface area contributed by atoms with Crippen molar-refractivity contribution in [2.24, 2.45) is 5.92 Å². The molecule has 0 aliphatic rings. The first kappa shape index (κ1) is 17.7. The van der Waals surface area contributed by atoms with Gasteiger partial charge >= 0.3 is 0 Å². The van der Waals surface area contributed by atoms with Gasteiger partial charge in [0.05, 0.1) is 4.90 Å².